The third-order valence-corrected chi connectivity index (χ3v) is 7.12. The molecule has 2 N–H and O–H groups in total. The van der Waals surface area contributed by atoms with Gasteiger partial charge in [0.1, 0.15) is 4.21 Å². The zero-order chi connectivity index (χ0) is 18.6. The van der Waals surface area contributed by atoms with Gasteiger partial charge in [0.15, 0.2) is 0 Å². The topological polar surface area (TPSA) is 87.6 Å². The van der Waals surface area contributed by atoms with Crippen molar-refractivity contribution in [2.24, 2.45) is 5.10 Å². The zero-order valence-electron chi connectivity index (χ0n) is 13.7. The molecule has 9 heteroatoms. The first-order valence-electron chi connectivity index (χ1n) is 7.50. The number of nitrogens with one attached hydrogen (secondary N) is 2. The van der Waals surface area contributed by atoms with Crippen LogP contribution in [0.15, 0.2) is 68.6 Å². The summed E-state index contributed by atoms with van der Waals surface area (Å²) >= 11 is 2.67. The van der Waals surface area contributed by atoms with Crippen LogP contribution in [0.4, 0.5) is 5.69 Å². The standard InChI is InChI=1S/C17H15N3O3S3/c1-12(15-4-2-10-24-15)18-19-17(21)13-6-8-14(9-7-13)20-26(22,23)16-5-3-11-25-16/h2-11,20H,1H3,(H,19,21)/b18-12-. The molecule has 0 spiro atoms. The summed E-state index contributed by atoms with van der Waals surface area (Å²) in [6.07, 6.45) is 0. The Morgan fingerprint density at radius 1 is 1.00 bits per heavy atom. The van der Waals surface area contributed by atoms with Crippen molar-refractivity contribution in [3.8, 4) is 0 Å². The molecule has 26 heavy (non-hydrogen) atoms. The van der Waals surface area contributed by atoms with Gasteiger partial charge >= 0.3 is 0 Å². The number of amides is 1. The van der Waals surface area contributed by atoms with Gasteiger partial charge in [-0.2, -0.15) is 5.10 Å². The lowest BCUT2D eigenvalue weighted by Gasteiger charge is -2.07. The number of hydrogen-bond acceptors (Lipinski definition) is 6. The summed E-state index contributed by atoms with van der Waals surface area (Å²) in [7, 11) is -3.60. The highest BCUT2D eigenvalue weighted by Gasteiger charge is 2.15. The molecule has 134 valence electrons. The van der Waals surface area contributed by atoms with Crippen molar-refractivity contribution in [2.75, 3.05) is 4.72 Å². The number of sulfonamides is 1. The van der Waals surface area contributed by atoms with Crippen molar-refractivity contribution in [1.82, 2.24) is 5.43 Å². The van der Waals surface area contributed by atoms with Crippen molar-refractivity contribution in [3.05, 3.63) is 69.7 Å². The molecule has 3 rings (SSSR count). The molecule has 0 atom stereocenters. The lowest BCUT2D eigenvalue weighted by atomic mass is 10.2. The molecule has 0 fully saturated rings. The minimum atomic E-state index is -3.60. The maximum atomic E-state index is 12.2. The maximum absolute atomic E-state index is 12.2. The Morgan fingerprint density at radius 3 is 2.31 bits per heavy atom. The number of hydrazone groups is 1. The van der Waals surface area contributed by atoms with Gasteiger partial charge in [0.05, 0.1) is 5.71 Å². The van der Waals surface area contributed by atoms with Gasteiger partial charge in [-0.05, 0) is 54.1 Å². The van der Waals surface area contributed by atoms with Crippen LogP contribution in [0.1, 0.15) is 22.2 Å². The fourth-order valence-electron chi connectivity index (χ4n) is 2.05. The molecule has 0 radical (unpaired) electrons. The van der Waals surface area contributed by atoms with E-state index in [9.17, 15) is 13.2 Å². The Kier molecular flexibility index (Phi) is 5.50. The van der Waals surface area contributed by atoms with E-state index in [1.165, 1.54) is 41.7 Å². The predicted molar refractivity (Wildman–Crippen MR) is 106 cm³/mol. The summed E-state index contributed by atoms with van der Waals surface area (Å²) in [6.45, 7) is 1.81. The van der Waals surface area contributed by atoms with Crippen LogP contribution in [-0.2, 0) is 10.0 Å². The summed E-state index contributed by atoms with van der Waals surface area (Å²) in [6, 6.07) is 13.2. The number of nitrogens with zero attached hydrogens (tertiary/aromatic N) is 1. The highest BCUT2D eigenvalue weighted by molar-refractivity contribution is 7.94. The highest BCUT2D eigenvalue weighted by Crippen LogP contribution is 2.20. The third-order valence-electron chi connectivity index (χ3n) is 3.36. The molecule has 2 heterocycles. The first kappa shape index (κ1) is 18.3. The van der Waals surface area contributed by atoms with Crippen LogP contribution >= 0.6 is 22.7 Å². The monoisotopic (exact) mass is 405 g/mol. The van der Waals surface area contributed by atoms with E-state index >= 15 is 0 Å². The van der Waals surface area contributed by atoms with Gasteiger partial charge in [0.25, 0.3) is 15.9 Å². The summed E-state index contributed by atoms with van der Waals surface area (Å²) in [5.74, 6) is -0.367. The Balaban J connectivity index is 1.66. The normalized spacial score (nSPS) is 12.0. The number of rotatable bonds is 6. The lowest BCUT2D eigenvalue weighted by molar-refractivity contribution is 0.0955. The van der Waals surface area contributed by atoms with Gasteiger partial charge in [-0.15, -0.1) is 22.7 Å². The van der Waals surface area contributed by atoms with Crippen LogP contribution < -0.4 is 10.1 Å². The summed E-state index contributed by atoms with van der Waals surface area (Å²) < 4.78 is 27.1. The van der Waals surface area contributed by atoms with E-state index in [-0.39, 0.29) is 10.1 Å². The first-order chi connectivity index (χ1) is 12.5. The number of anilines is 1. The molecule has 0 bridgehead atoms. The van der Waals surface area contributed by atoms with Crippen molar-refractivity contribution in [1.29, 1.82) is 0 Å². The van der Waals surface area contributed by atoms with E-state index in [2.05, 4.69) is 15.2 Å². The number of carbonyl (C=O) groups excluding carboxylic acids is 1. The van der Waals surface area contributed by atoms with Crippen LogP contribution in [0.25, 0.3) is 0 Å². The summed E-state index contributed by atoms with van der Waals surface area (Å²) in [5.41, 5.74) is 3.98. The Morgan fingerprint density at radius 2 is 1.69 bits per heavy atom. The van der Waals surface area contributed by atoms with E-state index in [1.54, 1.807) is 11.4 Å². The van der Waals surface area contributed by atoms with E-state index in [0.717, 1.165) is 16.2 Å². The van der Waals surface area contributed by atoms with Crippen LogP contribution in [0.3, 0.4) is 0 Å². The van der Waals surface area contributed by atoms with Gasteiger partial charge in [-0.25, -0.2) is 13.8 Å². The van der Waals surface area contributed by atoms with Crippen molar-refractivity contribution in [3.63, 3.8) is 0 Å². The molecule has 0 unspecified atom stereocenters. The summed E-state index contributed by atoms with van der Waals surface area (Å²) in [5, 5.41) is 7.71. The second-order valence-corrected chi connectivity index (χ2v) is 9.04. The fourth-order valence-corrected chi connectivity index (χ4v) is 4.78. The minimum absolute atomic E-state index is 0.234. The van der Waals surface area contributed by atoms with Gasteiger partial charge < -0.3 is 0 Å². The second kappa shape index (κ2) is 7.81. The molecule has 1 aromatic carbocycles. The quantitative estimate of drug-likeness (QED) is 0.483. The largest absolute Gasteiger partial charge is 0.279 e. The van der Waals surface area contributed by atoms with Crippen molar-refractivity contribution < 1.29 is 13.2 Å². The Labute approximate surface area is 159 Å². The van der Waals surface area contributed by atoms with Crippen LogP contribution in [0.2, 0.25) is 0 Å². The molecule has 1 amide bonds. The minimum Gasteiger partial charge on any atom is -0.279 e. The average molecular weight is 406 g/mol. The predicted octanol–water partition coefficient (Wildman–Crippen LogP) is 3.76. The van der Waals surface area contributed by atoms with Crippen LogP contribution in [-0.4, -0.2) is 20.0 Å². The molecule has 0 aliphatic heterocycles. The van der Waals surface area contributed by atoms with Gasteiger partial charge in [-0.1, -0.05) is 12.1 Å². The Hall–Kier alpha value is -2.49. The van der Waals surface area contributed by atoms with Crippen molar-refractivity contribution >= 4 is 50.0 Å². The van der Waals surface area contributed by atoms with Gasteiger partial charge in [-0.3, -0.25) is 9.52 Å². The maximum Gasteiger partial charge on any atom is 0.271 e. The van der Waals surface area contributed by atoms with E-state index in [0.29, 0.717) is 17.0 Å². The SMILES string of the molecule is C/C(=N/NC(=O)c1ccc(NS(=O)(=O)c2cccs2)cc1)c1cccs1. The fraction of sp³-hybridized carbons (Fsp3) is 0.0588. The van der Waals surface area contributed by atoms with E-state index in [4.69, 9.17) is 0 Å². The highest BCUT2D eigenvalue weighted by atomic mass is 32.2. The molecule has 0 aliphatic rings. The zero-order valence-corrected chi connectivity index (χ0v) is 16.1. The first-order valence-corrected chi connectivity index (χ1v) is 10.7. The molecular formula is C17H15N3O3S3. The second-order valence-electron chi connectivity index (χ2n) is 5.23. The number of hydrogen-bond donors (Lipinski definition) is 2. The van der Waals surface area contributed by atoms with Crippen LogP contribution in [0.5, 0.6) is 0 Å². The molecule has 0 saturated carbocycles. The molecule has 2 aromatic heterocycles. The summed E-state index contributed by atoms with van der Waals surface area (Å²) in [4.78, 5) is 13.1. The number of carbonyl (C=O) groups is 1. The molecule has 0 saturated heterocycles. The van der Waals surface area contributed by atoms with Gasteiger partial charge in [0.2, 0.25) is 0 Å². The van der Waals surface area contributed by atoms with E-state index in [1.807, 2.05) is 24.4 Å². The molecule has 6 nitrogen and oxygen atoms in total. The Bertz CT molecular complexity index is 1010. The van der Waals surface area contributed by atoms with E-state index < -0.39 is 10.0 Å². The average Bonchev–Trinajstić information content (AvgIpc) is 3.33. The smallest absolute Gasteiger partial charge is 0.271 e. The molecule has 3 aromatic rings. The molecule has 0 aliphatic carbocycles. The van der Waals surface area contributed by atoms with Crippen LogP contribution in [0, 0.1) is 0 Å². The number of thiophene rings is 2. The molecular weight excluding hydrogens is 390 g/mol. The third kappa shape index (κ3) is 4.37. The van der Waals surface area contributed by atoms with Crippen molar-refractivity contribution in [2.45, 2.75) is 11.1 Å². The number of benzene rings is 1. The van der Waals surface area contributed by atoms with Gasteiger partial charge in [0, 0.05) is 16.1 Å². The lowest BCUT2D eigenvalue weighted by Crippen LogP contribution is -2.19.